The van der Waals surface area contributed by atoms with Gasteiger partial charge in [0.15, 0.2) is 12.5 Å². The van der Waals surface area contributed by atoms with Gasteiger partial charge in [-0.15, -0.1) is 0 Å². The second kappa shape index (κ2) is 18.9. The Bertz CT molecular complexity index is 1680. The third-order valence-electron chi connectivity index (χ3n) is 8.81. The maximum atomic E-state index is 12.7. The summed E-state index contributed by atoms with van der Waals surface area (Å²) < 4.78 is 26.1. The van der Waals surface area contributed by atoms with Crippen molar-refractivity contribution in [2.24, 2.45) is 0 Å². The largest absolute Gasteiger partial charge is 0.494 e. The van der Waals surface area contributed by atoms with E-state index in [9.17, 15) is 38.4 Å². The second-order valence-corrected chi connectivity index (χ2v) is 12.4. The van der Waals surface area contributed by atoms with Crippen molar-refractivity contribution in [1.82, 2.24) is 20.4 Å². The Morgan fingerprint density at radius 2 is 1.09 bits per heavy atom. The topological polar surface area (TPSA) is 223 Å². The number of unbranched alkanes of at least 4 members (excludes halogenated alkanes) is 4. The molecule has 2 aromatic carbocycles. The molecule has 3 N–H and O–H groups in total. The molecule has 8 amide bonds. The van der Waals surface area contributed by atoms with E-state index in [0.717, 1.165) is 41.9 Å². The summed E-state index contributed by atoms with van der Waals surface area (Å²) in [6.07, 6.45) is 5.29. The van der Waals surface area contributed by atoms with Gasteiger partial charge in [-0.05, 0) is 74.9 Å². The van der Waals surface area contributed by atoms with E-state index >= 15 is 0 Å². The first-order valence-corrected chi connectivity index (χ1v) is 17.4. The molecule has 4 aliphatic rings. The van der Waals surface area contributed by atoms with Gasteiger partial charge < -0.3 is 14.6 Å². The van der Waals surface area contributed by atoms with Crippen LogP contribution in [-0.4, -0.2) is 98.3 Å². The standard InChI is InChI=1S/C18H20N2O6.C18H20N2O5.OS/c21-8-2-1-3-9-26-11-4-5-12-13(10-11)18(25)20(17(12)24)14-6-7-15(22)19-16(14)23;1-2-3-4-9-25-11-5-6-12-13(10-11)18(24)20(17(12)23)14-7-8-15(21)19-16(14)22;1-2/h4-5,10,14,21H,1-3,6-9H2,(H,19,22,23);5-6,10,14H,2-4,7-9H2,1H3,(H,19,21,22);/i;1T;. The third kappa shape index (κ3) is 9.34. The van der Waals surface area contributed by atoms with E-state index in [4.69, 9.17) is 20.2 Å². The summed E-state index contributed by atoms with van der Waals surface area (Å²) in [5.41, 5.74) is 0.879. The van der Waals surface area contributed by atoms with Crippen LogP contribution in [0.4, 0.5) is 0 Å². The first kappa shape index (κ1) is 38.8. The number of imide groups is 4. The molecule has 4 heterocycles. The number of piperidine rings is 2. The number of carbonyl (C=O) groups is 8. The van der Waals surface area contributed by atoms with Crippen molar-refractivity contribution >= 4 is 59.8 Å². The lowest BCUT2D eigenvalue weighted by Crippen LogP contribution is -2.54. The molecule has 0 bridgehead atoms. The number of nitrogens with zero attached hydrogens (tertiary/aromatic N) is 2. The maximum absolute atomic E-state index is 12.7. The van der Waals surface area contributed by atoms with Crippen LogP contribution in [0.3, 0.4) is 0 Å². The zero-order valence-electron chi connectivity index (χ0n) is 29.8. The average Bonchev–Trinajstić information content (AvgIpc) is 3.55. The van der Waals surface area contributed by atoms with E-state index < -0.39 is 59.3 Å². The Kier molecular flexibility index (Phi) is 13.8. The van der Waals surface area contributed by atoms with Gasteiger partial charge in [0.05, 0.1) is 35.5 Å². The highest BCUT2D eigenvalue weighted by molar-refractivity contribution is 7.44. The number of ether oxygens (including phenoxy) is 2. The number of amides is 8. The molecule has 4 aliphatic heterocycles. The van der Waals surface area contributed by atoms with Crippen molar-refractivity contribution in [3.8, 4) is 11.5 Å². The van der Waals surface area contributed by atoms with Crippen molar-refractivity contribution in [2.75, 3.05) is 19.8 Å². The summed E-state index contributed by atoms with van der Waals surface area (Å²) in [4.78, 5) is 98.9. The molecule has 53 heavy (non-hydrogen) atoms. The average molecular weight is 755 g/mol. The zero-order valence-corrected chi connectivity index (χ0v) is 29.6. The number of hydrogen-bond donors (Lipinski definition) is 3. The van der Waals surface area contributed by atoms with E-state index in [-0.39, 0.29) is 54.5 Å². The van der Waals surface area contributed by atoms with Crippen LogP contribution in [0.5, 0.6) is 11.5 Å². The number of aliphatic hydroxyl groups excluding tert-OH is 1. The maximum Gasteiger partial charge on any atom is 0.262 e. The van der Waals surface area contributed by atoms with Gasteiger partial charge in [-0.1, -0.05) is 19.7 Å². The van der Waals surface area contributed by atoms with Crippen molar-refractivity contribution in [1.29, 1.82) is 0 Å². The monoisotopic (exact) mass is 754 g/mol. The summed E-state index contributed by atoms with van der Waals surface area (Å²) >= 11 is 2.83. The van der Waals surface area contributed by atoms with Crippen LogP contribution in [0.25, 0.3) is 0 Å². The van der Waals surface area contributed by atoms with Gasteiger partial charge in [-0.3, -0.25) is 58.8 Å². The number of nitrogens with one attached hydrogen (secondary N) is 2. The lowest BCUT2D eigenvalue weighted by molar-refractivity contribution is -0.137. The molecule has 282 valence electrons. The highest BCUT2D eigenvalue weighted by Crippen LogP contribution is 2.32. The van der Waals surface area contributed by atoms with Gasteiger partial charge in [0.1, 0.15) is 23.6 Å². The fraction of sp³-hybridized carbons (Fsp3) is 0.444. The van der Waals surface area contributed by atoms with Crippen LogP contribution < -0.4 is 20.1 Å². The summed E-state index contributed by atoms with van der Waals surface area (Å²) in [6, 6.07) is 7.38. The Morgan fingerprint density at radius 1 is 0.660 bits per heavy atom. The van der Waals surface area contributed by atoms with Crippen LogP contribution >= 0.6 is 0 Å². The number of benzene rings is 2. The highest BCUT2D eigenvalue weighted by Gasteiger charge is 2.46. The predicted molar refractivity (Wildman–Crippen MR) is 186 cm³/mol. The molecule has 6 rings (SSSR count). The molecule has 2 atom stereocenters. The fourth-order valence-corrected chi connectivity index (χ4v) is 6.13. The fourth-order valence-electron chi connectivity index (χ4n) is 6.13. The molecule has 17 heteroatoms. The van der Waals surface area contributed by atoms with E-state index in [1.807, 2.05) is 0 Å². The molecule has 2 aromatic rings. The number of rotatable bonds is 13. The van der Waals surface area contributed by atoms with Crippen LogP contribution in [0.2, 0.25) is 0 Å². The summed E-state index contributed by atoms with van der Waals surface area (Å²) in [5, 5.41) is 13.1. The molecule has 0 spiro atoms. The normalized spacial score (nSPS) is 19.3. The molecular weight excluding hydrogens is 712 g/mol. The van der Waals surface area contributed by atoms with Crippen molar-refractivity contribution < 1.29 is 58.5 Å². The number of hydrogen-bond acceptors (Lipinski definition) is 13. The van der Waals surface area contributed by atoms with Gasteiger partial charge in [-0.2, -0.15) is 4.21 Å². The van der Waals surface area contributed by atoms with Gasteiger partial charge in [-0.25, -0.2) is 0 Å². The first-order chi connectivity index (χ1) is 26.0. The number of fused-ring (bicyclic) bond motifs is 2. The Morgan fingerprint density at radius 3 is 1.51 bits per heavy atom. The summed E-state index contributed by atoms with van der Waals surface area (Å²) in [6.45, 7) is 1.45. The lowest BCUT2D eigenvalue weighted by atomic mass is 10.0. The zero-order chi connectivity index (χ0) is 39.4. The van der Waals surface area contributed by atoms with Crippen molar-refractivity contribution in [2.45, 2.75) is 83.2 Å². The van der Waals surface area contributed by atoms with Crippen LogP contribution in [0.15, 0.2) is 36.4 Å². The minimum absolute atomic E-state index is 0.0893. The quantitative estimate of drug-likeness (QED) is 0.197. The van der Waals surface area contributed by atoms with Gasteiger partial charge >= 0.3 is 0 Å². The lowest BCUT2D eigenvalue weighted by Gasteiger charge is -2.27. The predicted octanol–water partition coefficient (Wildman–Crippen LogP) is 1.95. The number of carbonyl (C=O) groups excluding carboxylic acids is 8. The van der Waals surface area contributed by atoms with Gasteiger partial charge in [0.25, 0.3) is 23.6 Å². The second-order valence-electron chi connectivity index (χ2n) is 12.4. The molecular formula is C36H40N4O12S. The molecule has 2 saturated heterocycles. The first-order valence-electron chi connectivity index (χ1n) is 17.8. The minimum Gasteiger partial charge on any atom is -0.494 e. The van der Waals surface area contributed by atoms with Crippen LogP contribution in [0.1, 0.15) is 114 Å². The van der Waals surface area contributed by atoms with Crippen molar-refractivity contribution in [3.05, 3.63) is 58.7 Å². The van der Waals surface area contributed by atoms with Crippen molar-refractivity contribution in [3.63, 3.8) is 0 Å². The number of aliphatic hydroxyl groups is 1. The summed E-state index contributed by atoms with van der Waals surface area (Å²) in [7, 11) is 0. The third-order valence-corrected chi connectivity index (χ3v) is 8.81. The highest BCUT2D eigenvalue weighted by atomic mass is 32.1. The van der Waals surface area contributed by atoms with E-state index in [1.165, 1.54) is 24.3 Å². The van der Waals surface area contributed by atoms with E-state index in [2.05, 4.69) is 23.2 Å². The molecule has 0 radical (unpaired) electrons. The van der Waals surface area contributed by atoms with Crippen LogP contribution in [-0.2, 0) is 31.7 Å². The van der Waals surface area contributed by atoms with Crippen LogP contribution in [0, 0.1) is 0 Å². The molecule has 2 unspecified atom stereocenters. The molecule has 2 fully saturated rings. The Balaban J connectivity index is 0.000000230. The molecule has 0 saturated carbocycles. The molecule has 0 aromatic heterocycles. The SMILES string of the molecule is O=C1CCC(N2C(=O)c3ccc(OCCCCCO)cc3C2=O)C(=O)N1.O=S.[3H]CCCCCOc1ccc2c(c1)C(=O)N(C1CCC(=O)NC1=O)C2=O. The minimum atomic E-state index is -0.969. The Hall–Kier alpha value is -5.42. The van der Waals surface area contributed by atoms with E-state index in [0.29, 0.717) is 38.0 Å². The van der Waals surface area contributed by atoms with E-state index in [1.54, 1.807) is 12.1 Å². The summed E-state index contributed by atoms with van der Waals surface area (Å²) in [5.74, 6) is -3.25. The smallest absolute Gasteiger partial charge is 0.262 e. The van der Waals surface area contributed by atoms with Gasteiger partial charge in [0.2, 0.25) is 23.6 Å². The van der Waals surface area contributed by atoms with Gasteiger partial charge in [0, 0.05) is 20.8 Å². The molecule has 16 nitrogen and oxygen atoms in total. The Labute approximate surface area is 311 Å². The molecule has 0 aliphatic carbocycles.